The number of nitrogens with one attached hydrogen (secondary N) is 1. The minimum absolute atomic E-state index is 0. The van der Waals surface area contributed by atoms with E-state index < -0.39 is 5.67 Å². The second kappa shape index (κ2) is 6.94. The molecule has 1 aromatic rings. The van der Waals surface area contributed by atoms with Gasteiger partial charge in [0.25, 0.3) is 0 Å². The van der Waals surface area contributed by atoms with E-state index in [9.17, 15) is 4.39 Å². The maximum Gasteiger partial charge on any atom is 0.193 e. The van der Waals surface area contributed by atoms with Gasteiger partial charge >= 0.3 is 0 Å². The van der Waals surface area contributed by atoms with E-state index in [4.69, 9.17) is 5.73 Å². The predicted molar refractivity (Wildman–Crippen MR) is 96.3 cm³/mol. The Kier molecular flexibility index (Phi) is 5.46. The summed E-state index contributed by atoms with van der Waals surface area (Å²) in [6, 6.07) is 6.34. The summed E-state index contributed by atoms with van der Waals surface area (Å²) in [7, 11) is 0. The van der Waals surface area contributed by atoms with Crippen molar-refractivity contribution < 1.29 is 4.39 Å². The summed E-state index contributed by atoms with van der Waals surface area (Å²) < 4.78 is 13.8. The molecule has 1 fully saturated rings. The number of guanidine groups is 1. The van der Waals surface area contributed by atoms with Crippen LogP contribution in [0.25, 0.3) is 0 Å². The van der Waals surface area contributed by atoms with E-state index in [0.29, 0.717) is 31.8 Å². The zero-order chi connectivity index (χ0) is 14.0. The van der Waals surface area contributed by atoms with Crippen molar-refractivity contribution in [1.29, 1.82) is 0 Å². The van der Waals surface area contributed by atoms with Gasteiger partial charge in [-0.05, 0) is 61.8 Å². The molecule has 21 heavy (non-hydrogen) atoms. The standard InChI is InChI=1S/C16H22FN3.HI/c17-16(7-2-8-16)9-10-19-15(18)20-14-6-5-12-3-1-4-13(12)11-14;/h5-6,11H,1-4,7-10H2,(H3,18,19,20);1H. The van der Waals surface area contributed by atoms with Crippen LogP contribution in [-0.4, -0.2) is 18.2 Å². The van der Waals surface area contributed by atoms with Crippen molar-refractivity contribution in [3.8, 4) is 0 Å². The fourth-order valence-corrected chi connectivity index (χ4v) is 3.02. The van der Waals surface area contributed by atoms with Crippen LogP contribution in [0, 0.1) is 0 Å². The average Bonchev–Trinajstić information content (AvgIpc) is 2.84. The van der Waals surface area contributed by atoms with Gasteiger partial charge in [-0.15, -0.1) is 24.0 Å². The fraction of sp³-hybridized carbons (Fsp3) is 0.562. The van der Waals surface area contributed by atoms with Crippen LogP contribution >= 0.6 is 24.0 Å². The number of halogens is 2. The number of rotatable bonds is 4. The molecule has 1 saturated carbocycles. The maximum absolute atomic E-state index is 13.8. The lowest BCUT2D eigenvalue weighted by atomic mass is 9.80. The molecule has 0 aliphatic heterocycles. The minimum atomic E-state index is -0.975. The van der Waals surface area contributed by atoms with Crippen LogP contribution in [0.5, 0.6) is 0 Å². The van der Waals surface area contributed by atoms with E-state index in [-0.39, 0.29) is 24.0 Å². The highest BCUT2D eigenvalue weighted by atomic mass is 127. The van der Waals surface area contributed by atoms with E-state index >= 15 is 0 Å². The van der Waals surface area contributed by atoms with Crippen molar-refractivity contribution in [2.24, 2.45) is 10.7 Å². The molecule has 0 spiro atoms. The number of nitrogens with two attached hydrogens (primary N) is 1. The number of hydrogen-bond donors (Lipinski definition) is 2. The zero-order valence-electron chi connectivity index (χ0n) is 12.2. The third kappa shape index (κ3) is 4.08. The Labute approximate surface area is 142 Å². The van der Waals surface area contributed by atoms with Gasteiger partial charge in [0.2, 0.25) is 0 Å². The first-order chi connectivity index (χ1) is 9.65. The van der Waals surface area contributed by atoms with Crippen LogP contribution in [0.1, 0.15) is 43.2 Å². The van der Waals surface area contributed by atoms with Gasteiger partial charge in [0.05, 0.1) is 0 Å². The molecule has 3 nitrogen and oxygen atoms in total. The first-order valence-corrected chi connectivity index (χ1v) is 7.52. The molecule has 0 bridgehead atoms. The lowest BCUT2D eigenvalue weighted by Crippen LogP contribution is -2.33. The van der Waals surface area contributed by atoms with Gasteiger partial charge in [-0.1, -0.05) is 6.07 Å². The van der Waals surface area contributed by atoms with Crippen molar-refractivity contribution in [2.75, 3.05) is 11.9 Å². The molecule has 1 aromatic carbocycles. The molecular formula is C16H23FIN3. The highest BCUT2D eigenvalue weighted by molar-refractivity contribution is 14.0. The fourth-order valence-electron chi connectivity index (χ4n) is 3.02. The first-order valence-electron chi connectivity index (χ1n) is 7.52. The molecule has 2 aliphatic carbocycles. The Hall–Kier alpha value is -0.850. The van der Waals surface area contributed by atoms with Gasteiger partial charge in [0, 0.05) is 18.7 Å². The number of aryl methyl sites for hydroxylation is 2. The topological polar surface area (TPSA) is 50.4 Å². The zero-order valence-corrected chi connectivity index (χ0v) is 14.5. The molecule has 2 aliphatic rings. The monoisotopic (exact) mass is 403 g/mol. The lowest BCUT2D eigenvalue weighted by Gasteiger charge is -2.33. The predicted octanol–water partition coefficient (Wildman–Crippen LogP) is 3.80. The van der Waals surface area contributed by atoms with E-state index in [1.165, 1.54) is 24.0 Å². The normalized spacial score (nSPS) is 19.4. The summed E-state index contributed by atoms with van der Waals surface area (Å²) in [6.45, 7) is 0.459. The molecule has 0 unspecified atom stereocenters. The van der Waals surface area contributed by atoms with Crippen LogP contribution < -0.4 is 11.1 Å². The third-order valence-corrected chi connectivity index (χ3v) is 4.46. The van der Waals surface area contributed by atoms with E-state index in [2.05, 4.69) is 22.4 Å². The Morgan fingerprint density at radius 3 is 2.71 bits per heavy atom. The number of nitrogens with zero attached hydrogens (tertiary/aromatic N) is 1. The van der Waals surface area contributed by atoms with Gasteiger partial charge in [-0.3, -0.25) is 4.99 Å². The van der Waals surface area contributed by atoms with Crippen LogP contribution in [0.2, 0.25) is 0 Å². The Balaban J connectivity index is 0.00000161. The molecule has 5 heteroatoms. The van der Waals surface area contributed by atoms with Gasteiger partial charge < -0.3 is 11.1 Å². The van der Waals surface area contributed by atoms with Crippen LogP contribution in [0.4, 0.5) is 10.1 Å². The average molecular weight is 403 g/mol. The quantitative estimate of drug-likeness (QED) is 0.457. The molecule has 0 radical (unpaired) electrons. The van der Waals surface area contributed by atoms with E-state index in [0.717, 1.165) is 18.5 Å². The van der Waals surface area contributed by atoms with Gasteiger partial charge in [-0.25, -0.2) is 4.39 Å². The summed E-state index contributed by atoms with van der Waals surface area (Å²) in [4.78, 5) is 4.22. The molecule has 116 valence electrons. The van der Waals surface area contributed by atoms with Gasteiger partial charge in [-0.2, -0.15) is 0 Å². The molecule has 0 atom stereocenters. The van der Waals surface area contributed by atoms with Crippen molar-refractivity contribution in [1.82, 2.24) is 0 Å². The summed E-state index contributed by atoms with van der Waals surface area (Å²) in [5, 5.41) is 3.10. The molecule has 0 heterocycles. The smallest absolute Gasteiger partial charge is 0.193 e. The maximum atomic E-state index is 13.8. The molecule has 3 N–H and O–H groups in total. The Morgan fingerprint density at radius 2 is 2.00 bits per heavy atom. The molecule has 0 amide bonds. The molecule has 3 rings (SSSR count). The Bertz CT molecular complexity index is 526. The molecular weight excluding hydrogens is 380 g/mol. The van der Waals surface area contributed by atoms with Gasteiger partial charge in [0.1, 0.15) is 5.67 Å². The van der Waals surface area contributed by atoms with E-state index in [1.807, 2.05) is 6.07 Å². The number of alkyl halides is 1. The number of anilines is 1. The van der Waals surface area contributed by atoms with Crippen molar-refractivity contribution in [3.05, 3.63) is 29.3 Å². The highest BCUT2D eigenvalue weighted by Gasteiger charge is 2.36. The van der Waals surface area contributed by atoms with Crippen molar-refractivity contribution in [2.45, 2.75) is 50.6 Å². The SMILES string of the molecule is I.NC(=NCCC1(F)CCC1)Nc1ccc2c(c1)CCC2. The summed E-state index contributed by atoms with van der Waals surface area (Å²) >= 11 is 0. The molecule has 0 saturated heterocycles. The van der Waals surface area contributed by atoms with Crippen LogP contribution in [0.15, 0.2) is 23.2 Å². The van der Waals surface area contributed by atoms with Crippen LogP contribution in [0.3, 0.4) is 0 Å². The van der Waals surface area contributed by atoms with Gasteiger partial charge in [0.15, 0.2) is 5.96 Å². The Morgan fingerprint density at radius 1 is 1.24 bits per heavy atom. The number of aliphatic imine (C=N–C) groups is 1. The minimum Gasteiger partial charge on any atom is -0.370 e. The number of benzene rings is 1. The summed E-state index contributed by atoms with van der Waals surface area (Å²) in [5.41, 5.74) is 8.70. The van der Waals surface area contributed by atoms with Crippen molar-refractivity contribution >= 4 is 35.6 Å². The number of hydrogen-bond acceptors (Lipinski definition) is 1. The van der Waals surface area contributed by atoms with Crippen molar-refractivity contribution in [3.63, 3.8) is 0 Å². The van der Waals surface area contributed by atoms with Crippen LogP contribution in [-0.2, 0) is 12.8 Å². The second-order valence-corrected chi connectivity index (χ2v) is 5.98. The second-order valence-electron chi connectivity index (χ2n) is 5.98. The highest BCUT2D eigenvalue weighted by Crippen LogP contribution is 2.38. The third-order valence-electron chi connectivity index (χ3n) is 4.46. The summed E-state index contributed by atoms with van der Waals surface area (Å²) in [5.74, 6) is 0.380. The first kappa shape index (κ1) is 16.5. The molecule has 0 aromatic heterocycles. The largest absolute Gasteiger partial charge is 0.370 e. The van der Waals surface area contributed by atoms with E-state index in [1.54, 1.807) is 0 Å². The number of fused-ring (bicyclic) bond motifs is 1. The summed E-state index contributed by atoms with van der Waals surface area (Å²) in [6.07, 6.45) is 6.41. The lowest BCUT2D eigenvalue weighted by molar-refractivity contribution is 0.0568.